The third-order valence-electron chi connectivity index (χ3n) is 2.41. The number of nitrogens with zero attached hydrogens (tertiary/aromatic N) is 3. The van der Waals surface area contributed by atoms with Crippen LogP contribution in [0.5, 0.6) is 0 Å². The predicted molar refractivity (Wildman–Crippen MR) is 79.5 cm³/mol. The van der Waals surface area contributed by atoms with Crippen LogP contribution in [0.3, 0.4) is 0 Å². The van der Waals surface area contributed by atoms with Crippen LogP contribution in [0.25, 0.3) is 11.3 Å². The minimum Gasteiger partial charge on any atom is -0.444 e. The molecule has 7 nitrogen and oxygen atoms in total. The Morgan fingerprint density at radius 3 is 2.71 bits per heavy atom. The molecule has 21 heavy (non-hydrogen) atoms. The van der Waals surface area contributed by atoms with Gasteiger partial charge in [0.25, 0.3) is 0 Å². The van der Waals surface area contributed by atoms with E-state index in [-0.39, 0.29) is 0 Å². The van der Waals surface area contributed by atoms with Crippen LogP contribution in [0.2, 0.25) is 0 Å². The maximum absolute atomic E-state index is 11.7. The second-order valence-corrected chi connectivity index (χ2v) is 5.35. The first-order valence-electron chi connectivity index (χ1n) is 6.38. The molecule has 0 aliphatic heterocycles. The topological polar surface area (TPSA) is 103 Å². The molecule has 0 saturated carbocycles. The first kappa shape index (κ1) is 14.7. The Morgan fingerprint density at radius 1 is 1.29 bits per heavy atom. The van der Waals surface area contributed by atoms with Crippen LogP contribution in [0, 0.1) is 0 Å². The van der Waals surface area contributed by atoms with Gasteiger partial charge in [-0.05, 0) is 32.9 Å². The molecular weight excluding hydrogens is 270 g/mol. The summed E-state index contributed by atoms with van der Waals surface area (Å²) < 4.78 is 5.16. The summed E-state index contributed by atoms with van der Waals surface area (Å²) in [6.07, 6.45) is 2.36. The summed E-state index contributed by atoms with van der Waals surface area (Å²) in [7, 11) is 0. The highest BCUT2D eigenvalue weighted by atomic mass is 16.6. The van der Waals surface area contributed by atoms with Crippen LogP contribution < -0.4 is 11.1 Å². The van der Waals surface area contributed by atoms with Gasteiger partial charge in [0.2, 0.25) is 0 Å². The van der Waals surface area contributed by atoms with E-state index < -0.39 is 11.7 Å². The van der Waals surface area contributed by atoms with Gasteiger partial charge in [-0.3, -0.25) is 5.32 Å². The normalized spacial score (nSPS) is 11.0. The minimum absolute atomic E-state index is 0.331. The molecule has 0 bridgehead atoms. The van der Waals surface area contributed by atoms with E-state index in [0.29, 0.717) is 22.9 Å². The van der Waals surface area contributed by atoms with Crippen molar-refractivity contribution in [3.8, 4) is 11.3 Å². The van der Waals surface area contributed by atoms with Crippen LogP contribution in [-0.2, 0) is 4.74 Å². The number of carbonyl (C=O) groups excluding carboxylic acids is 1. The number of nitrogen functional groups attached to an aromatic ring is 1. The number of hydrogen-bond acceptors (Lipinski definition) is 6. The molecule has 2 rings (SSSR count). The van der Waals surface area contributed by atoms with Crippen molar-refractivity contribution in [3.05, 3.63) is 30.7 Å². The Balaban J connectivity index is 2.19. The van der Waals surface area contributed by atoms with Crippen LogP contribution >= 0.6 is 0 Å². The molecule has 0 aliphatic carbocycles. The van der Waals surface area contributed by atoms with Gasteiger partial charge in [0.05, 0.1) is 5.69 Å². The number of ether oxygens (including phenoxy) is 1. The molecule has 110 valence electrons. The summed E-state index contributed by atoms with van der Waals surface area (Å²) in [5.74, 6) is 0.692. The van der Waals surface area contributed by atoms with E-state index >= 15 is 0 Å². The number of amides is 1. The zero-order chi connectivity index (χ0) is 15.5. The van der Waals surface area contributed by atoms with Gasteiger partial charge in [-0.25, -0.2) is 19.7 Å². The largest absolute Gasteiger partial charge is 0.444 e. The monoisotopic (exact) mass is 287 g/mol. The number of aromatic nitrogens is 3. The average molecular weight is 287 g/mol. The summed E-state index contributed by atoms with van der Waals surface area (Å²) >= 11 is 0. The van der Waals surface area contributed by atoms with Gasteiger partial charge < -0.3 is 10.5 Å². The highest BCUT2D eigenvalue weighted by molar-refractivity contribution is 5.84. The zero-order valence-electron chi connectivity index (χ0n) is 12.1. The molecule has 1 amide bonds. The highest BCUT2D eigenvalue weighted by Gasteiger charge is 2.17. The Morgan fingerprint density at radius 2 is 2.05 bits per heavy atom. The fraction of sp³-hybridized carbons (Fsp3) is 0.286. The molecule has 2 heterocycles. The van der Waals surface area contributed by atoms with Gasteiger partial charge in [0, 0.05) is 17.8 Å². The Kier molecular flexibility index (Phi) is 4.02. The molecule has 0 spiro atoms. The summed E-state index contributed by atoms with van der Waals surface area (Å²) in [5, 5.41) is 2.55. The second-order valence-electron chi connectivity index (χ2n) is 5.35. The summed E-state index contributed by atoms with van der Waals surface area (Å²) in [4.78, 5) is 23.8. The van der Waals surface area contributed by atoms with Gasteiger partial charge in [-0.15, -0.1) is 0 Å². The number of pyridine rings is 1. The lowest BCUT2D eigenvalue weighted by molar-refractivity contribution is 0.0635. The lowest BCUT2D eigenvalue weighted by Crippen LogP contribution is -2.27. The van der Waals surface area contributed by atoms with Crippen molar-refractivity contribution in [1.29, 1.82) is 0 Å². The quantitative estimate of drug-likeness (QED) is 0.879. The number of hydrogen-bond donors (Lipinski definition) is 2. The van der Waals surface area contributed by atoms with E-state index in [9.17, 15) is 4.79 Å². The number of rotatable bonds is 2. The van der Waals surface area contributed by atoms with E-state index in [2.05, 4.69) is 20.3 Å². The van der Waals surface area contributed by atoms with E-state index in [1.54, 1.807) is 45.2 Å². The van der Waals surface area contributed by atoms with Crippen molar-refractivity contribution < 1.29 is 9.53 Å². The fourth-order valence-electron chi connectivity index (χ4n) is 1.62. The molecule has 0 atom stereocenters. The van der Waals surface area contributed by atoms with Crippen molar-refractivity contribution in [2.24, 2.45) is 0 Å². The highest BCUT2D eigenvalue weighted by Crippen LogP contribution is 2.23. The van der Waals surface area contributed by atoms with Crippen molar-refractivity contribution in [2.45, 2.75) is 26.4 Å². The average Bonchev–Trinajstić information content (AvgIpc) is 2.37. The van der Waals surface area contributed by atoms with Gasteiger partial charge in [-0.1, -0.05) is 0 Å². The van der Waals surface area contributed by atoms with Crippen molar-refractivity contribution in [2.75, 3.05) is 11.1 Å². The van der Waals surface area contributed by atoms with E-state index in [1.165, 1.54) is 6.33 Å². The minimum atomic E-state index is -0.577. The first-order chi connectivity index (χ1) is 9.85. The van der Waals surface area contributed by atoms with Gasteiger partial charge in [-0.2, -0.15) is 0 Å². The van der Waals surface area contributed by atoms with Gasteiger partial charge in [0.15, 0.2) is 0 Å². The molecular formula is C14H17N5O2. The molecule has 0 aromatic carbocycles. The molecule has 2 aromatic heterocycles. The van der Waals surface area contributed by atoms with Crippen molar-refractivity contribution in [1.82, 2.24) is 15.0 Å². The third-order valence-corrected chi connectivity index (χ3v) is 2.41. The van der Waals surface area contributed by atoms with Crippen molar-refractivity contribution in [3.63, 3.8) is 0 Å². The lowest BCUT2D eigenvalue weighted by atomic mass is 10.2. The van der Waals surface area contributed by atoms with E-state index in [0.717, 1.165) is 0 Å². The third kappa shape index (κ3) is 4.13. The molecule has 0 radical (unpaired) electrons. The first-order valence-corrected chi connectivity index (χ1v) is 6.38. The zero-order valence-corrected chi connectivity index (χ0v) is 12.1. The van der Waals surface area contributed by atoms with E-state index in [4.69, 9.17) is 10.5 Å². The SMILES string of the molecule is CC(C)(C)OC(=O)Nc1cc(-c2cccnc2N)ncn1. The number of carbonyl (C=O) groups is 1. The molecule has 0 unspecified atom stereocenters. The van der Waals surface area contributed by atoms with Gasteiger partial charge >= 0.3 is 6.09 Å². The standard InChI is InChI=1S/C14H17N5O2/c1-14(2,3)21-13(20)19-11-7-10(17-8-18-11)9-5-4-6-16-12(9)15/h4-8H,1-3H3,(H2,15,16)(H,17,18,19,20). The molecule has 3 N–H and O–H groups in total. The number of nitrogens with one attached hydrogen (secondary N) is 1. The Labute approximate surface area is 122 Å². The lowest BCUT2D eigenvalue weighted by Gasteiger charge is -2.19. The number of anilines is 2. The van der Waals surface area contributed by atoms with Crippen LogP contribution in [0.1, 0.15) is 20.8 Å². The smallest absolute Gasteiger partial charge is 0.413 e. The van der Waals surface area contributed by atoms with Crippen LogP contribution in [-0.4, -0.2) is 26.6 Å². The maximum Gasteiger partial charge on any atom is 0.413 e. The molecule has 0 saturated heterocycles. The predicted octanol–water partition coefficient (Wildman–Crippen LogP) is 2.47. The van der Waals surface area contributed by atoms with Crippen LogP contribution in [0.4, 0.5) is 16.4 Å². The number of nitrogens with two attached hydrogens (primary N) is 1. The van der Waals surface area contributed by atoms with E-state index in [1.807, 2.05) is 0 Å². The fourth-order valence-corrected chi connectivity index (χ4v) is 1.62. The second kappa shape index (κ2) is 5.74. The summed E-state index contributed by atoms with van der Waals surface area (Å²) in [6.45, 7) is 5.36. The van der Waals surface area contributed by atoms with Crippen LogP contribution in [0.15, 0.2) is 30.7 Å². The molecule has 0 fully saturated rings. The Bertz CT molecular complexity index is 652. The summed E-state index contributed by atoms with van der Waals surface area (Å²) in [5.41, 5.74) is 6.47. The maximum atomic E-state index is 11.7. The Hall–Kier alpha value is -2.70. The molecule has 2 aromatic rings. The summed E-state index contributed by atoms with van der Waals surface area (Å²) in [6, 6.07) is 5.16. The molecule has 7 heteroatoms. The molecule has 0 aliphatic rings. The van der Waals surface area contributed by atoms with Crippen molar-refractivity contribution >= 4 is 17.7 Å². The van der Waals surface area contributed by atoms with Gasteiger partial charge in [0.1, 0.15) is 23.6 Å².